The molecule has 12 heteroatoms. The van der Waals surface area contributed by atoms with Crippen molar-refractivity contribution in [1.82, 2.24) is 14.8 Å². The van der Waals surface area contributed by atoms with Gasteiger partial charge in [-0.3, -0.25) is 14.2 Å². The fraction of sp³-hybridized carbons (Fsp3) is 0.556. The van der Waals surface area contributed by atoms with E-state index in [-0.39, 0.29) is 29.9 Å². The molecule has 11 nitrogen and oxygen atoms in total. The first kappa shape index (κ1) is 22.2. The molecule has 1 fully saturated rings. The molecular formula is C18H25N4O7P. The number of hydrogen-bond donors (Lipinski definition) is 2. The highest BCUT2D eigenvalue weighted by Crippen LogP contribution is 2.38. The Morgan fingerprint density at radius 3 is 2.60 bits per heavy atom. The second kappa shape index (κ2) is 9.11. The molecule has 3 rings (SSSR count). The van der Waals surface area contributed by atoms with Crippen LogP contribution in [0.5, 0.6) is 5.88 Å². The quantitative estimate of drug-likeness (QED) is 0.468. The minimum absolute atomic E-state index is 0.0940. The van der Waals surface area contributed by atoms with E-state index < -0.39 is 19.1 Å². The number of hydrogen-bond acceptors (Lipinski definition) is 8. The SMILES string of the molecule is COC(=O)Cn1ncc2cc(N3CCC(CCP(=O)(O)O)CC3)nc(OC)c2c1=O. The smallest absolute Gasteiger partial charge is 0.327 e. The van der Waals surface area contributed by atoms with Gasteiger partial charge in [0.25, 0.3) is 5.56 Å². The predicted molar refractivity (Wildman–Crippen MR) is 109 cm³/mol. The zero-order valence-electron chi connectivity index (χ0n) is 16.9. The van der Waals surface area contributed by atoms with Crippen LogP contribution in [-0.4, -0.2) is 64.0 Å². The van der Waals surface area contributed by atoms with Gasteiger partial charge in [0.1, 0.15) is 17.7 Å². The van der Waals surface area contributed by atoms with E-state index in [2.05, 4.69) is 19.7 Å². The monoisotopic (exact) mass is 440 g/mol. The first-order valence-electron chi connectivity index (χ1n) is 9.53. The van der Waals surface area contributed by atoms with Gasteiger partial charge in [-0.2, -0.15) is 10.1 Å². The number of fused-ring (bicyclic) bond motifs is 1. The van der Waals surface area contributed by atoms with Gasteiger partial charge in [0.05, 0.1) is 26.6 Å². The summed E-state index contributed by atoms with van der Waals surface area (Å²) in [5.74, 6) is 0.453. The van der Waals surface area contributed by atoms with Crippen molar-refractivity contribution in [2.24, 2.45) is 5.92 Å². The largest absolute Gasteiger partial charge is 0.480 e. The average Bonchev–Trinajstić information content (AvgIpc) is 2.73. The first-order valence-corrected chi connectivity index (χ1v) is 11.3. The number of nitrogens with zero attached hydrogens (tertiary/aromatic N) is 4. The molecule has 1 aliphatic rings. The van der Waals surface area contributed by atoms with Gasteiger partial charge in [-0.05, 0) is 31.2 Å². The maximum Gasteiger partial charge on any atom is 0.327 e. The normalized spacial score (nSPS) is 15.4. The van der Waals surface area contributed by atoms with E-state index in [9.17, 15) is 14.2 Å². The fourth-order valence-corrected chi connectivity index (χ4v) is 4.27. The lowest BCUT2D eigenvalue weighted by Crippen LogP contribution is -2.34. The van der Waals surface area contributed by atoms with Crippen LogP contribution in [-0.2, 0) is 20.6 Å². The van der Waals surface area contributed by atoms with E-state index >= 15 is 0 Å². The molecular weight excluding hydrogens is 415 g/mol. The Bertz CT molecular complexity index is 1030. The average molecular weight is 440 g/mol. The van der Waals surface area contributed by atoms with Crippen LogP contribution in [0.25, 0.3) is 10.8 Å². The van der Waals surface area contributed by atoms with Crippen LogP contribution in [0.4, 0.5) is 5.82 Å². The number of pyridine rings is 1. The molecule has 1 saturated heterocycles. The molecule has 164 valence electrons. The number of aromatic nitrogens is 3. The van der Waals surface area contributed by atoms with Gasteiger partial charge in [-0.1, -0.05) is 0 Å². The molecule has 2 N–H and O–H groups in total. The summed E-state index contributed by atoms with van der Waals surface area (Å²) in [6, 6.07) is 1.75. The van der Waals surface area contributed by atoms with Crippen LogP contribution >= 0.6 is 7.60 Å². The van der Waals surface area contributed by atoms with E-state index in [1.807, 2.05) is 0 Å². The number of ether oxygens (including phenoxy) is 2. The molecule has 0 radical (unpaired) electrons. The second-order valence-electron chi connectivity index (χ2n) is 7.24. The number of methoxy groups -OCH3 is 2. The van der Waals surface area contributed by atoms with Gasteiger partial charge in [0.15, 0.2) is 0 Å². The maximum atomic E-state index is 12.7. The fourth-order valence-electron chi connectivity index (χ4n) is 3.57. The van der Waals surface area contributed by atoms with E-state index in [1.54, 1.807) is 6.07 Å². The Hall–Kier alpha value is -2.49. The van der Waals surface area contributed by atoms with Crippen LogP contribution in [0.2, 0.25) is 0 Å². The molecule has 0 atom stereocenters. The Labute approximate surface area is 172 Å². The number of anilines is 1. The van der Waals surface area contributed by atoms with Crippen LogP contribution < -0.4 is 15.2 Å². The summed E-state index contributed by atoms with van der Waals surface area (Å²) in [6.45, 7) is 1.05. The molecule has 3 heterocycles. The summed E-state index contributed by atoms with van der Waals surface area (Å²) in [5.41, 5.74) is -0.495. The third-order valence-corrected chi connectivity index (χ3v) is 6.10. The minimum atomic E-state index is -3.97. The van der Waals surface area contributed by atoms with Gasteiger partial charge in [-0.25, -0.2) is 4.68 Å². The topological polar surface area (TPSA) is 144 Å². The lowest BCUT2D eigenvalue weighted by atomic mass is 9.94. The van der Waals surface area contributed by atoms with Gasteiger partial charge < -0.3 is 24.2 Å². The predicted octanol–water partition coefficient (Wildman–Crippen LogP) is 0.757. The van der Waals surface area contributed by atoms with Crippen molar-refractivity contribution < 1.29 is 28.6 Å². The summed E-state index contributed by atoms with van der Waals surface area (Å²) in [5, 5.41) is 4.82. The van der Waals surface area contributed by atoms with Crippen molar-refractivity contribution in [3.63, 3.8) is 0 Å². The Balaban J connectivity index is 1.81. The number of rotatable bonds is 7. The van der Waals surface area contributed by atoms with Crippen molar-refractivity contribution in [2.75, 3.05) is 38.4 Å². The van der Waals surface area contributed by atoms with Gasteiger partial charge in [-0.15, -0.1) is 0 Å². The standard InChI is InChI=1S/C18H25N4O7P/c1-28-15(23)11-22-18(24)16-13(10-19-22)9-14(20-17(16)29-2)21-6-3-12(4-7-21)5-8-30(25,26)27/h9-10,12H,3-8,11H2,1-2H3,(H2,25,26,27). The Morgan fingerprint density at radius 2 is 2.00 bits per heavy atom. The van der Waals surface area contributed by atoms with E-state index in [0.717, 1.165) is 17.5 Å². The van der Waals surface area contributed by atoms with E-state index in [0.29, 0.717) is 30.7 Å². The highest BCUT2D eigenvalue weighted by molar-refractivity contribution is 7.51. The molecule has 1 aliphatic heterocycles. The van der Waals surface area contributed by atoms with Gasteiger partial charge in [0.2, 0.25) is 5.88 Å². The molecule has 30 heavy (non-hydrogen) atoms. The number of carbonyl (C=O) groups is 1. The van der Waals surface area contributed by atoms with Crippen LogP contribution in [0.1, 0.15) is 19.3 Å². The second-order valence-corrected chi connectivity index (χ2v) is 9.02. The third-order valence-electron chi connectivity index (χ3n) is 5.25. The molecule has 0 unspecified atom stereocenters. The van der Waals surface area contributed by atoms with Crippen molar-refractivity contribution >= 4 is 30.2 Å². The summed E-state index contributed by atoms with van der Waals surface area (Å²) in [7, 11) is -1.32. The van der Waals surface area contributed by atoms with Crippen LogP contribution in [0, 0.1) is 5.92 Å². The summed E-state index contributed by atoms with van der Waals surface area (Å²) >= 11 is 0. The van der Waals surface area contributed by atoms with Crippen LogP contribution in [0.15, 0.2) is 17.1 Å². The molecule has 0 aliphatic carbocycles. The summed E-state index contributed by atoms with van der Waals surface area (Å²) in [6.07, 6.45) is 3.47. The molecule has 2 aromatic rings. The molecule has 0 bridgehead atoms. The zero-order valence-corrected chi connectivity index (χ0v) is 17.7. The lowest BCUT2D eigenvalue weighted by molar-refractivity contribution is -0.141. The van der Waals surface area contributed by atoms with Crippen LogP contribution in [0.3, 0.4) is 0 Å². The highest BCUT2D eigenvalue weighted by Gasteiger charge is 2.24. The molecule has 2 aromatic heterocycles. The van der Waals surface area contributed by atoms with E-state index in [4.69, 9.17) is 14.5 Å². The zero-order chi connectivity index (χ0) is 21.9. The van der Waals surface area contributed by atoms with E-state index in [1.165, 1.54) is 20.4 Å². The Kier molecular flexibility index (Phi) is 6.74. The number of esters is 1. The van der Waals surface area contributed by atoms with Crippen molar-refractivity contribution in [2.45, 2.75) is 25.8 Å². The number of carbonyl (C=O) groups excluding carboxylic acids is 1. The van der Waals surface area contributed by atoms with Crippen molar-refractivity contribution in [1.29, 1.82) is 0 Å². The summed E-state index contributed by atoms with van der Waals surface area (Å²) < 4.78 is 22.0. The molecule has 0 aromatic carbocycles. The van der Waals surface area contributed by atoms with Gasteiger partial charge >= 0.3 is 13.6 Å². The lowest BCUT2D eigenvalue weighted by Gasteiger charge is -2.33. The third kappa shape index (κ3) is 5.16. The number of piperidine rings is 1. The maximum absolute atomic E-state index is 12.7. The minimum Gasteiger partial charge on any atom is -0.480 e. The molecule has 0 amide bonds. The highest BCUT2D eigenvalue weighted by atomic mass is 31.2. The van der Waals surface area contributed by atoms with Gasteiger partial charge in [0, 0.05) is 18.5 Å². The molecule has 0 spiro atoms. The van der Waals surface area contributed by atoms with Crippen molar-refractivity contribution in [3.05, 3.63) is 22.6 Å². The molecule has 0 saturated carbocycles. The van der Waals surface area contributed by atoms with Crippen molar-refractivity contribution in [3.8, 4) is 5.88 Å². The first-order chi connectivity index (χ1) is 14.2. The Morgan fingerprint density at radius 1 is 1.30 bits per heavy atom. The summed E-state index contributed by atoms with van der Waals surface area (Å²) in [4.78, 5) is 48.9.